The predicted octanol–water partition coefficient (Wildman–Crippen LogP) is 0.604. The number of carboxylic acids is 2. The summed E-state index contributed by atoms with van der Waals surface area (Å²) in [5, 5.41) is 18.6. The fourth-order valence-corrected chi connectivity index (χ4v) is 3.10. The van der Waals surface area contributed by atoms with Gasteiger partial charge in [-0.15, -0.1) is 0 Å². The van der Waals surface area contributed by atoms with Gasteiger partial charge in [0.05, 0.1) is 6.42 Å². The molecule has 6 N–H and O–H groups in total. The first-order chi connectivity index (χ1) is 13.2. The number of carboxylic acid groups (broad SMARTS) is 2. The van der Waals surface area contributed by atoms with Crippen LogP contribution in [0.15, 0.2) is 16.1 Å². The van der Waals surface area contributed by atoms with Gasteiger partial charge in [-0.1, -0.05) is 26.2 Å². The highest BCUT2D eigenvalue weighted by molar-refractivity contribution is 6.21. The van der Waals surface area contributed by atoms with Crippen molar-refractivity contribution in [1.82, 2.24) is 4.90 Å². The smallest absolute Gasteiger partial charge is 0.326 e. The lowest BCUT2D eigenvalue weighted by Gasteiger charge is -2.23. The molecule has 0 saturated heterocycles. The molecule has 0 fully saturated rings. The van der Waals surface area contributed by atoms with Gasteiger partial charge in [0.15, 0.2) is 5.96 Å². The van der Waals surface area contributed by atoms with E-state index in [0.29, 0.717) is 11.3 Å². The van der Waals surface area contributed by atoms with Gasteiger partial charge in [0.2, 0.25) is 0 Å². The fourth-order valence-electron chi connectivity index (χ4n) is 3.10. The van der Waals surface area contributed by atoms with Crippen molar-refractivity contribution in [1.29, 1.82) is 0 Å². The lowest BCUT2D eigenvalue weighted by molar-refractivity contribution is -0.154. The number of aliphatic carboxylic acids is 2. The van der Waals surface area contributed by atoms with Gasteiger partial charge in [0, 0.05) is 17.7 Å². The number of aliphatic imine (C=N–C) groups is 1. The number of unbranched alkanes of at least 4 members (excludes halogenated alkanes) is 3. The molecule has 1 aliphatic rings. The summed E-state index contributed by atoms with van der Waals surface area (Å²) in [6.07, 6.45) is 3.25. The van der Waals surface area contributed by atoms with Gasteiger partial charge in [-0.05, 0) is 25.7 Å². The van der Waals surface area contributed by atoms with Crippen LogP contribution in [0.5, 0.6) is 0 Å². The Morgan fingerprint density at radius 1 is 1.04 bits per heavy atom. The van der Waals surface area contributed by atoms with E-state index in [4.69, 9.17) is 16.6 Å². The summed E-state index contributed by atoms with van der Waals surface area (Å²) in [4.78, 5) is 52.7. The summed E-state index contributed by atoms with van der Waals surface area (Å²) in [6, 6.07) is -1.40. The maximum absolute atomic E-state index is 12.8. The highest BCUT2D eigenvalue weighted by Crippen LogP contribution is 2.30. The molecule has 10 heteroatoms. The second-order valence-corrected chi connectivity index (χ2v) is 6.62. The Morgan fingerprint density at radius 3 is 2.21 bits per heavy atom. The quantitative estimate of drug-likeness (QED) is 0.151. The number of carbonyl (C=O) groups excluding carboxylic acids is 2. The number of carbonyl (C=O) groups is 4. The zero-order valence-corrected chi connectivity index (χ0v) is 16.0. The Morgan fingerprint density at radius 2 is 1.68 bits per heavy atom. The molecule has 1 rings (SSSR count). The van der Waals surface area contributed by atoms with E-state index in [9.17, 15) is 24.3 Å². The van der Waals surface area contributed by atoms with Gasteiger partial charge < -0.3 is 21.7 Å². The summed E-state index contributed by atoms with van der Waals surface area (Å²) in [6.45, 7) is 2.18. The average Bonchev–Trinajstić information content (AvgIpc) is 2.82. The van der Waals surface area contributed by atoms with Crippen molar-refractivity contribution in [3.05, 3.63) is 11.1 Å². The maximum Gasteiger partial charge on any atom is 0.326 e. The lowest BCUT2D eigenvalue weighted by Crippen LogP contribution is -2.46. The van der Waals surface area contributed by atoms with E-state index < -0.39 is 36.2 Å². The second-order valence-electron chi connectivity index (χ2n) is 6.62. The average molecular weight is 396 g/mol. The third-order valence-corrected chi connectivity index (χ3v) is 4.45. The van der Waals surface area contributed by atoms with E-state index in [1.165, 1.54) is 0 Å². The van der Waals surface area contributed by atoms with E-state index in [2.05, 4.69) is 4.99 Å². The summed E-state index contributed by atoms with van der Waals surface area (Å²) in [7, 11) is 0. The van der Waals surface area contributed by atoms with Crippen molar-refractivity contribution in [2.45, 2.75) is 64.3 Å². The van der Waals surface area contributed by atoms with E-state index in [-0.39, 0.29) is 42.9 Å². The molecule has 28 heavy (non-hydrogen) atoms. The number of imide groups is 1. The first-order valence-electron chi connectivity index (χ1n) is 9.30. The largest absolute Gasteiger partial charge is 0.481 e. The minimum atomic E-state index is -1.40. The highest BCUT2D eigenvalue weighted by Gasteiger charge is 2.44. The van der Waals surface area contributed by atoms with Crippen molar-refractivity contribution >= 4 is 29.7 Å². The van der Waals surface area contributed by atoms with Gasteiger partial charge in [0.25, 0.3) is 11.8 Å². The Labute approximate surface area is 163 Å². The van der Waals surface area contributed by atoms with Gasteiger partial charge in [0.1, 0.15) is 6.04 Å². The molecule has 0 bridgehead atoms. The van der Waals surface area contributed by atoms with E-state index >= 15 is 0 Å². The number of rotatable bonds is 13. The number of amides is 2. The molecule has 0 aromatic carbocycles. The van der Waals surface area contributed by atoms with Gasteiger partial charge >= 0.3 is 11.9 Å². The molecule has 2 amide bonds. The van der Waals surface area contributed by atoms with Crippen LogP contribution in [0.25, 0.3) is 0 Å². The first-order valence-corrected chi connectivity index (χ1v) is 9.30. The molecule has 156 valence electrons. The monoisotopic (exact) mass is 396 g/mol. The summed E-state index contributed by atoms with van der Waals surface area (Å²) in [5.74, 6) is -4.28. The molecule has 0 spiro atoms. The van der Waals surface area contributed by atoms with E-state index in [1.54, 1.807) is 0 Å². The third-order valence-electron chi connectivity index (χ3n) is 4.45. The number of hydrogen-bond donors (Lipinski definition) is 4. The van der Waals surface area contributed by atoms with Crippen LogP contribution in [0.4, 0.5) is 0 Å². The zero-order chi connectivity index (χ0) is 21.3. The molecule has 0 radical (unpaired) electrons. The lowest BCUT2D eigenvalue weighted by atomic mass is 10.0. The van der Waals surface area contributed by atoms with Crippen molar-refractivity contribution in [2.24, 2.45) is 16.5 Å². The third kappa shape index (κ3) is 6.36. The van der Waals surface area contributed by atoms with Gasteiger partial charge in [-0.25, -0.2) is 4.79 Å². The standard InChI is InChI=1S/C18H28N4O6/c1-2-3-4-5-7-11-12(10-14(23)24)16(26)22(15(11)25)13(17(27)28)8-6-9-21-18(19)20/h13H,2-10H2,1H3,(H,23,24)(H,27,28)(H4,19,20,21)/t13-/m0/s1. The van der Waals surface area contributed by atoms with Crippen LogP contribution in [0.3, 0.4) is 0 Å². The van der Waals surface area contributed by atoms with Crippen LogP contribution in [-0.2, 0) is 19.2 Å². The molecule has 10 nitrogen and oxygen atoms in total. The number of guanidine groups is 1. The van der Waals surface area contributed by atoms with Crippen LogP contribution in [-0.4, -0.2) is 57.4 Å². The van der Waals surface area contributed by atoms with Crippen LogP contribution in [0.2, 0.25) is 0 Å². The summed E-state index contributed by atoms with van der Waals surface area (Å²) < 4.78 is 0. The van der Waals surface area contributed by atoms with Crippen molar-refractivity contribution in [3.8, 4) is 0 Å². The molecular formula is C18H28N4O6. The molecule has 1 aliphatic heterocycles. The van der Waals surface area contributed by atoms with Crippen molar-refractivity contribution in [3.63, 3.8) is 0 Å². The Hall–Kier alpha value is -2.91. The van der Waals surface area contributed by atoms with Crippen LogP contribution in [0, 0.1) is 0 Å². The summed E-state index contributed by atoms with van der Waals surface area (Å²) in [5.41, 5.74) is 10.4. The van der Waals surface area contributed by atoms with Crippen LogP contribution in [0.1, 0.15) is 58.3 Å². The Balaban J connectivity index is 3.00. The summed E-state index contributed by atoms with van der Waals surface area (Å²) >= 11 is 0. The molecule has 0 saturated carbocycles. The zero-order valence-electron chi connectivity index (χ0n) is 16.0. The molecular weight excluding hydrogens is 368 g/mol. The van der Waals surface area contributed by atoms with Crippen molar-refractivity contribution in [2.75, 3.05) is 6.54 Å². The maximum atomic E-state index is 12.8. The minimum absolute atomic E-state index is 0.0347. The second kappa shape index (κ2) is 11.1. The molecule has 0 aromatic rings. The number of hydrogen-bond acceptors (Lipinski definition) is 5. The van der Waals surface area contributed by atoms with E-state index in [0.717, 1.165) is 19.3 Å². The molecule has 0 aromatic heterocycles. The SMILES string of the molecule is CCCCCCC1=C(CC(=O)O)C(=O)N([C@@H](CCCN=C(N)N)C(=O)O)C1=O. The van der Waals surface area contributed by atoms with Crippen LogP contribution >= 0.6 is 0 Å². The molecule has 1 atom stereocenters. The Bertz CT molecular complexity index is 682. The predicted molar refractivity (Wildman–Crippen MR) is 101 cm³/mol. The molecule has 1 heterocycles. The Kier molecular flexibility index (Phi) is 9.13. The van der Waals surface area contributed by atoms with Crippen molar-refractivity contribution < 1.29 is 29.4 Å². The highest BCUT2D eigenvalue weighted by atomic mass is 16.4. The van der Waals surface area contributed by atoms with Gasteiger partial charge in [-0.3, -0.25) is 24.3 Å². The first kappa shape index (κ1) is 23.1. The number of nitrogens with zero attached hydrogens (tertiary/aromatic N) is 2. The van der Waals surface area contributed by atoms with Crippen LogP contribution < -0.4 is 11.5 Å². The van der Waals surface area contributed by atoms with E-state index in [1.807, 2.05) is 6.92 Å². The topological polar surface area (TPSA) is 176 Å². The molecule has 0 aliphatic carbocycles. The number of nitrogens with two attached hydrogens (primary N) is 2. The fraction of sp³-hybridized carbons (Fsp3) is 0.611. The minimum Gasteiger partial charge on any atom is -0.481 e. The molecule has 0 unspecified atom stereocenters. The van der Waals surface area contributed by atoms with Gasteiger partial charge in [-0.2, -0.15) is 0 Å². The normalized spacial score (nSPS) is 15.1.